The Morgan fingerprint density at radius 1 is 1.10 bits per heavy atom. The van der Waals surface area contributed by atoms with Gasteiger partial charge in [0.25, 0.3) is 0 Å². The van der Waals surface area contributed by atoms with Crippen LogP contribution in [0.3, 0.4) is 0 Å². The van der Waals surface area contributed by atoms with Crippen molar-refractivity contribution in [2.45, 2.75) is 24.8 Å². The lowest BCUT2D eigenvalue weighted by Gasteiger charge is -2.37. The molecule has 2 aromatic rings. The molecule has 0 aliphatic heterocycles. The van der Waals surface area contributed by atoms with Crippen molar-refractivity contribution in [2.75, 3.05) is 12.4 Å². The molecule has 1 aliphatic carbocycles. The zero-order valence-corrected chi connectivity index (χ0v) is 11.5. The molecule has 0 saturated heterocycles. The highest BCUT2D eigenvalue weighted by molar-refractivity contribution is 5.45. The minimum Gasteiger partial charge on any atom is -0.497 e. The fourth-order valence-corrected chi connectivity index (χ4v) is 2.69. The van der Waals surface area contributed by atoms with Gasteiger partial charge >= 0.3 is 0 Å². The first-order chi connectivity index (χ1) is 9.74. The van der Waals surface area contributed by atoms with Crippen molar-refractivity contribution in [1.82, 2.24) is 0 Å². The number of hydrogen-bond acceptors (Lipinski definition) is 2. The maximum atomic E-state index is 12.8. The second-order valence-corrected chi connectivity index (χ2v) is 5.29. The molecule has 0 amide bonds. The van der Waals surface area contributed by atoms with Crippen molar-refractivity contribution in [3.8, 4) is 5.75 Å². The number of halogens is 1. The summed E-state index contributed by atoms with van der Waals surface area (Å²) in [4.78, 5) is 0. The molecular formula is C17H18FNO. The van der Waals surface area contributed by atoms with Crippen LogP contribution in [0.15, 0.2) is 48.5 Å². The standard InChI is InChI=1S/C17H18FNO/c1-20-17-4-2-3-12(11-17)13-9-16(10-13)19-15-7-5-14(18)6-8-15/h2-8,11,13,16,19H,9-10H2,1H3. The maximum Gasteiger partial charge on any atom is 0.123 e. The van der Waals surface area contributed by atoms with Crippen LogP contribution >= 0.6 is 0 Å². The molecule has 2 nitrogen and oxygen atoms in total. The molecule has 1 fully saturated rings. The number of hydrogen-bond donors (Lipinski definition) is 1. The zero-order valence-electron chi connectivity index (χ0n) is 11.5. The molecule has 0 spiro atoms. The minimum absolute atomic E-state index is 0.196. The van der Waals surface area contributed by atoms with E-state index < -0.39 is 0 Å². The van der Waals surface area contributed by atoms with Crippen molar-refractivity contribution >= 4 is 5.69 Å². The first-order valence-corrected chi connectivity index (χ1v) is 6.90. The highest BCUT2D eigenvalue weighted by atomic mass is 19.1. The molecule has 0 heterocycles. The fourth-order valence-electron chi connectivity index (χ4n) is 2.69. The summed E-state index contributed by atoms with van der Waals surface area (Å²) < 4.78 is 18.1. The summed E-state index contributed by atoms with van der Waals surface area (Å²) in [6.45, 7) is 0. The van der Waals surface area contributed by atoms with E-state index in [1.54, 1.807) is 19.2 Å². The summed E-state index contributed by atoms with van der Waals surface area (Å²) in [5.41, 5.74) is 2.32. The first kappa shape index (κ1) is 13.0. The molecule has 0 bridgehead atoms. The molecule has 1 saturated carbocycles. The number of methoxy groups -OCH3 is 1. The van der Waals surface area contributed by atoms with Gasteiger partial charge in [-0.15, -0.1) is 0 Å². The van der Waals surface area contributed by atoms with E-state index >= 15 is 0 Å². The Morgan fingerprint density at radius 3 is 2.55 bits per heavy atom. The first-order valence-electron chi connectivity index (χ1n) is 6.90. The predicted molar refractivity (Wildman–Crippen MR) is 78.8 cm³/mol. The normalized spacial score (nSPS) is 21.1. The third-order valence-corrected chi connectivity index (χ3v) is 3.92. The smallest absolute Gasteiger partial charge is 0.123 e. The molecule has 104 valence electrons. The number of rotatable bonds is 4. The zero-order chi connectivity index (χ0) is 13.9. The third kappa shape index (κ3) is 2.77. The van der Waals surface area contributed by atoms with E-state index in [1.165, 1.54) is 17.7 Å². The van der Waals surface area contributed by atoms with Crippen molar-refractivity contribution in [3.63, 3.8) is 0 Å². The number of anilines is 1. The van der Waals surface area contributed by atoms with Gasteiger partial charge in [0.1, 0.15) is 11.6 Å². The lowest BCUT2D eigenvalue weighted by atomic mass is 9.76. The molecule has 0 unspecified atom stereocenters. The molecular weight excluding hydrogens is 253 g/mol. The van der Waals surface area contributed by atoms with Crippen LogP contribution in [0.1, 0.15) is 24.3 Å². The van der Waals surface area contributed by atoms with E-state index in [4.69, 9.17) is 4.74 Å². The van der Waals surface area contributed by atoms with Crippen molar-refractivity contribution in [3.05, 3.63) is 59.9 Å². The molecule has 1 aliphatic rings. The van der Waals surface area contributed by atoms with E-state index in [-0.39, 0.29) is 5.82 Å². The quantitative estimate of drug-likeness (QED) is 0.900. The van der Waals surface area contributed by atoms with Crippen LogP contribution in [0.5, 0.6) is 5.75 Å². The Bertz CT molecular complexity index is 576. The molecule has 1 N–H and O–H groups in total. The van der Waals surface area contributed by atoms with Crippen LogP contribution in [0, 0.1) is 5.82 Å². The van der Waals surface area contributed by atoms with Crippen LogP contribution in [0.25, 0.3) is 0 Å². The van der Waals surface area contributed by atoms with Gasteiger partial charge in [-0.05, 0) is 60.7 Å². The average molecular weight is 271 g/mol. The fraction of sp³-hybridized carbons (Fsp3) is 0.294. The SMILES string of the molecule is COc1cccc(C2CC(Nc3ccc(F)cc3)C2)c1. The molecule has 0 radical (unpaired) electrons. The Labute approximate surface area is 118 Å². The minimum atomic E-state index is -0.196. The number of benzene rings is 2. The van der Waals surface area contributed by atoms with Crippen LogP contribution in [-0.2, 0) is 0 Å². The molecule has 0 aromatic heterocycles. The summed E-state index contributed by atoms with van der Waals surface area (Å²) in [5.74, 6) is 1.30. The van der Waals surface area contributed by atoms with Gasteiger partial charge in [-0.2, -0.15) is 0 Å². The topological polar surface area (TPSA) is 21.3 Å². The summed E-state index contributed by atoms with van der Waals surface area (Å²) in [6, 6.07) is 15.3. The van der Waals surface area contributed by atoms with Gasteiger partial charge in [0, 0.05) is 11.7 Å². The van der Waals surface area contributed by atoms with Gasteiger partial charge in [-0.3, -0.25) is 0 Å². The monoisotopic (exact) mass is 271 g/mol. The molecule has 2 aromatic carbocycles. The second-order valence-electron chi connectivity index (χ2n) is 5.29. The van der Waals surface area contributed by atoms with E-state index in [1.807, 2.05) is 12.1 Å². The average Bonchev–Trinajstić information content (AvgIpc) is 2.44. The Balaban J connectivity index is 1.57. The van der Waals surface area contributed by atoms with Crippen molar-refractivity contribution in [1.29, 1.82) is 0 Å². The van der Waals surface area contributed by atoms with Gasteiger partial charge in [0.2, 0.25) is 0 Å². The number of ether oxygens (including phenoxy) is 1. The third-order valence-electron chi connectivity index (χ3n) is 3.92. The van der Waals surface area contributed by atoms with Crippen molar-refractivity contribution < 1.29 is 9.13 Å². The summed E-state index contributed by atoms with van der Waals surface area (Å²) >= 11 is 0. The Kier molecular flexibility index (Phi) is 3.59. The highest BCUT2D eigenvalue weighted by Gasteiger charge is 2.30. The van der Waals surface area contributed by atoms with Crippen molar-refractivity contribution in [2.24, 2.45) is 0 Å². The Morgan fingerprint density at radius 2 is 1.85 bits per heavy atom. The molecule has 20 heavy (non-hydrogen) atoms. The van der Waals surface area contributed by atoms with E-state index in [9.17, 15) is 4.39 Å². The van der Waals surface area contributed by atoms with Gasteiger partial charge in [0.05, 0.1) is 7.11 Å². The molecule has 3 rings (SSSR count). The van der Waals surface area contributed by atoms with E-state index in [0.29, 0.717) is 12.0 Å². The van der Waals surface area contributed by atoms with Gasteiger partial charge in [-0.1, -0.05) is 12.1 Å². The van der Waals surface area contributed by atoms with Crippen LogP contribution in [-0.4, -0.2) is 13.2 Å². The summed E-state index contributed by atoms with van der Waals surface area (Å²) in [7, 11) is 1.69. The van der Waals surface area contributed by atoms with Gasteiger partial charge in [0.15, 0.2) is 0 Å². The largest absolute Gasteiger partial charge is 0.497 e. The lowest BCUT2D eigenvalue weighted by Crippen LogP contribution is -2.33. The molecule has 3 heteroatoms. The lowest BCUT2D eigenvalue weighted by molar-refractivity contribution is 0.370. The summed E-state index contributed by atoms with van der Waals surface area (Å²) in [5, 5.41) is 3.44. The van der Waals surface area contributed by atoms with Crippen LogP contribution in [0.4, 0.5) is 10.1 Å². The maximum absolute atomic E-state index is 12.8. The van der Waals surface area contributed by atoms with Crippen LogP contribution in [0.2, 0.25) is 0 Å². The van der Waals surface area contributed by atoms with E-state index in [2.05, 4.69) is 17.4 Å². The second kappa shape index (κ2) is 5.53. The number of nitrogens with one attached hydrogen (secondary N) is 1. The highest BCUT2D eigenvalue weighted by Crippen LogP contribution is 2.39. The predicted octanol–water partition coefficient (Wildman–Crippen LogP) is 4.19. The molecule has 0 atom stereocenters. The van der Waals surface area contributed by atoms with Gasteiger partial charge in [-0.25, -0.2) is 4.39 Å². The van der Waals surface area contributed by atoms with Crippen LogP contribution < -0.4 is 10.1 Å². The van der Waals surface area contributed by atoms with Gasteiger partial charge < -0.3 is 10.1 Å². The summed E-state index contributed by atoms with van der Waals surface area (Å²) in [6.07, 6.45) is 2.20. The Hall–Kier alpha value is -2.03. The van der Waals surface area contributed by atoms with E-state index in [0.717, 1.165) is 24.3 Å².